The lowest BCUT2D eigenvalue weighted by molar-refractivity contribution is 0.322. The zero-order chi connectivity index (χ0) is 9.61. The van der Waals surface area contributed by atoms with Crippen LogP contribution in [0.1, 0.15) is 20.3 Å². The summed E-state index contributed by atoms with van der Waals surface area (Å²) in [5.41, 5.74) is 4.92. The van der Waals surface area contributed by atoms with Crippen LogP contribution in [-0.2, 0) is 0 Å². The molecule has 0 saturated heterocycles. The molecule has 0 aromatic heterocycles. The zero-order valence-corrected chi connectivity index (χ0v) is 8.40. The molecule has 0 saturated carbocycles. The number of thioether (sulfide) groups is 1. The van der Waals surface area contributed by atoms with E-state index in [9.17, 15) is 0 Å². The summed E-state index contributed by atoms with van der Waals surface area (Å²) in [5, 5.41) is 17.5. The molecule has 3 N–H and O–H groups in total. The fourth-order valence-electron chi connectivity index (χ4n) is 0.956. The summed E-state index contributed by atoms with van der Waals surface area (Å²) in [5.74, 6) is 0.711. The third-order valence-electron chi connectivity index (χ3n) is 1.46. The maximum atomic E-state index is 8.63. The van der Waals surface area contributed by atoms with Gasteiger partial charge in [0.15, 0.2) is 0 Å². The minimum atomic E-state index is -0.734. The van der Waals surface area contributed by atoms with Crippen molar-refractivity contribution in [1.82, 2.24) is 0 Å². The van der Waals surface area contributed by atoms with E-state index < -0.39 is 5.54 Å². The van der Waals surface area contributed by atoms with Crippen LogP contribution < -0.4 is 5.73 Å². The monoisotopic (exact) mass is 188 g/mol. The molecule has 0 bridgehead atoms. The summed E-state index contributed by atoms with van der Waals surface area (Å²) in [6.45, 7) is 3.93. The van der Waals surface area contributed by atoms with Crippen LogP contribution in [0.2, 0.25) is 0 Å². The number of aliphatic hydroxyl groups is 1. The van der Waals surface area contributed by atoms with Gasteiger partial charge in [-0.25, -0.2) is 0 Å². The van der Waals surface area contributed by atoms with Crippen LogP contribution in [0.15, 0.2) is 0 Å². The molecule has 0 heterocycles. The van der Waals surface area contributed by atoms with Crippen molar-refractivity contribution in [3.63, 3.8) is 0 Å². The molecule has 2 unspecified atom stereocenters. The lowest BCUT2D eigenvalue weighted by atomic mass is 10.00. The van der Waals surface area contributed by atoms with Gasteiger partial charge in [-0.2, -0.15) is 17.0 Å². The Morgan fingerprint density at radius 2 is 2.33 bits per heavy atom. The Morgan fingerprint density at radius 3 is 2.75 bits per heavy atom. The second-order valence-electron chi connectivity index (χ2n) is 3.14. The average Bonchev–Trinajstić information content (AvgIpc) is 2.00. The summed E-state index contributed by atoms with van der Waals surface area (Å²) < 4.78 is 0. The smallest absolute Gasteiger partial charge is 0.102 e. The quantitative estimate of drug-likeness (QED) is 0.667. The van der Waals surface area contributed by atoms with E-state index >= 15 is 0 Å². The Balaban J connectivity index is 3.69. The van der Waals surface area contributed by atoms with Crippen LogP contribution in [0.5, 0.6) is 0 Å². The molecular weight excluding hydrogens is 172 g/mol. The van der Waals surface area contributed by atoms with Crippen LogP contribution in [0, 0.1) is 11.3 Å². The fraction of sp³-hybridized carbons (Fsp3) is 0.875. The summed E-state index contributed by atoms with van der Waals surface area (Å²) in [7, 11) is 0. The van der Waals surface area contributed by atoms with Crippen LogP contribution in [-0.4, -0.2) is 28.3 Å². The van der Waals surface area contributed by atoms with Crippen molar-refractivity contribution < 1.29 is 5.11 Å². The summed E-state index contributed by atoms with van der Waals surface area (Å²) in [6.07, 6.45) is 0.661. The van der Waals surface area contributed by atoms with E-state index in [-0.39, 0.29) is 6.61 Å². The minimum absolute atomic E-state index is 0.183. The highest BCUT2D eigenvalue weighted by Gasteiger charge is 2.20. The maximum absolute atomic E-state index is 8.63. The topological polar surface area (TPSA) is 70.0 Å². The highest BCUT2D eigenvalue weighted by molar-refractivity contribution is 7.99. The van der Waals surface area contributed by atoms with Crippen molar-refractivity contribution in [3.05, 3.63) is 0 Å². The standard InChI is InChI=1S/C8H16N2OS/c1-7(12-4-3-11)5-8(2,10)6-9/h7,11H,3-5,10H2,1-2H3. The number of aliphatic hydroxyl groups excluding tert-OH is 1. The molecule has 3 nitrogen and oxygen atoms in total. The van der Waals surface area contributed by atoms with Gasteiger partial charge < -0.3 is 10.8 Å². The molecule has 0 radical (unpaired) electrons. The van der Waals surface area contributed by atoms with Gasteiger partial charge in [0, 0.05) is 11.0 Å². The lowest BCUT2D eigenvalue weighted by Crippen LogP contribution is -2.36. The normalized spacial score (nSPS) is 17.9. The van der Waals surface area contributed by atoms with Gasteiger partial charge in [0.25, 0.3) is 0 Å². The second-order valence-corrected chi connectivity index (χ2v) is 4.68. The maximum Gasteiger partial charge on any atom is 0.102 e. The second kappa shape index (κ2) is 5.41. The van der Waals surface area contributed by atoms with E-state index in [4.69, 9.17) is 16.1 Å². The molecule has 0 aromatic rings. The summed E-state index contributed by atoms with van der Waals surface area (Å²) >= 11 is 1.64. The summed E-state index contributed by atoms with van der Waals surface area (Å²) in [6, 6.07) is 2.05. The van der Waals surface area contributed by atoms with E-state index in [2.05, 4.69) is 6.07 Å². The largest absolute Gasteiger partial charge is 0.396 e. The predicted molar refractivity (Wildman–Crippen MR) is 51.8 cm³/mol. The van der Waals surface area contributed by atoms with Gasteiger partial charge in [-0.15, -0.1) is 0 Å². The first-order valence-corrected chi connectivity index (χ1v) is 4.99. The van der Waals surface area contributed by atoms with Gasteiger partial charge in [0.2, 0.25) is 0 Å². The Labute approximate surface area is 77.9 Å². The molecule has 0 aliphatic heterocycles. The number of hydrogen-bond acceptors (Lipinski definition) is 4. The van der Waals surface area contributed by atoms with E-state index in [0.29, 0.717) is 17.4 Å². The van der Waals surface area contributed by atoms with Crippen molar-refractivity contribution in [2.45, 2.75) is 31.1 Å². The van der Waals surface area contributed by atoms with E-state index in [1.54, 1.807) is 18.7 Å². The number of rotatable bonds is 5. The van der Waals surface area contributed by atoms with Crippen LogP contribution in [0.4, 0.5) is 0 Å². The van der Waals surface area contributed by atoms with Crippen molar-refractivity contribution in [1.29, 1.82) is 5.26 Å². The first kappa shape index (κ1) is 11.8. The molecule has 0 fully saturated rings. The first-order valence-electron chi connectivity index (χ1n) is 3.94. The highest BCUT2D eigenvalue weighted by atomic mass is 32.2. The number of nitriles is 1. The minimum Gasteiger partial charge on any atom is -0.396 e. The number of hydrogen-bond donors (Lipinski definition) is 2. The molecule has 4 heteroatoms. The first-order chi connectivity index (χ1) is 5.52. The third kappa shape index (κ3) is 5.42. The molecule has 0 rings (SSSR count). The van der Waals surface area contributed by atoms with Crippen LogP contribution in [0.3, 0.4) is 0 Å². The number of nitrogens with two attached hydrogens (primary N) is 1. The number of nitrogens with zero attached hydrogens (tertiary/aromatic N) is 1. The van der Waals surface area contributed by atoms with Crippen LogP contribution >= 0.6 is 11.8 Å². The Hall–Kier alpha value is -0.240. The van der Waals surface area contributed by atoms with E-state index in [0.717, 1.165) is 0 Å². The predicted octanol–water partition coefficient (Wildman–Crippen LogP) is 0.731. The van der Waals surface area contributed by atoms with E-state index in [1.807, 2.05) is 6.92 Å². The highest BCUT2D eigenvalue weighted by Crippen LogP contribution is 2.19. The van der Waals surface area contributed by atoms with Crippen molar-refractivity contribution >= 4 is 11.8 Å². The van der Waals surface area contributed by atoms with Crippen LogP contribution in [0.25, 0.3) is 0 Å². The molecule has 0 aliphatic carbocycles. The molecule has 12 heavy (non-hydrogen) atoms. The van der Waals surface area contributed by atoms with Gasteiger partial charge in [0.1, 0.15) is 5.54 Å². The van der Waals surface area contributed by atoms with Gasteiger partial charge in [-0.05, 0) is 13.3 Å². The Morgan fingerprint density at radius 1 is 1.75 bits per heavy atom. The average molecular weight is 188 g/mol. The van der Waals surface area contributed by atoms with Gasteiger partial charge in [-0.3, -0.25) is 0 Å². The van der Waals surface area contributed by atoms with Crippen molar-refractivity contribution in [2.75, 3.05) is 12.4 Å². The molecule has 0 aromatic carbocycles. The molecule has 0 amide bonds. The SMILES string of the molecule is CC(CC(C)(N)C#N)SCCO. The Bertz CT molecular complexity index is 165. The fourth-order valence-corrected chi connectivity index (χ4v) is 1.93. The molecule has 0 spiro atoms. The van der Waals surface area contributed by atoms with Crippen molar-refractivity contribution in [2.24, 2.45) is 5.73 Å². The lowest BCUT2D eigenvalue weighted by Gasteiger charge is -2.19. The molecule has 0 aliphatic rings. The van der Waals surface area contributed by atoms with Gasteiger partial charge >= 0.3 is 0 Å². The van der Waals surface area contributed by atoms with E-state index in [1.165, 1.54) is 0 Å². The van der Waals surface area contributed by atoms with Crippen molar-refractivity contribution in [3.8, 4) is 6.07 Å². The molecule has 70 valence electrons. The van der Waals surface area contributed by atoms with Gasteiger partial charge in [-0.1, -0.05) is 6.92 Å². The third-order valence-corrected chi connectivity index (χ3v) is 2.61. The molecular formula is C8H16N2OS. The van der Waals surface area contributed by atoms with Gasteiger partial charge in [0.05, 0.1) is 12.7 Å². The molecule has 2 atom stereocenters. The Kier molecular flexibility index (Phi) is 5.31. The summed E-state index contributed by atoms with van der Waals surface area (Å²) in [4.78, 5) is 0. The zero-order valence-electron chi connectivity index (χ0n) is 7.58.